The van der Waals surface area contributed by atoms with Crippen LogP contribution in [0, 0.1) is 11.8 Å². The van der Waals surface area contributed by atoms with E-state index in [-0.39, 0.29) is 12.5 Å². The maximum absolute atomic E-state index is 9.39. The Kier molecular flexibility index (Phi) is 6.48. The third-order valence-electron chi connectivity index (χ3n) is 6.03. The maximum Gasteiger partial charge on any atom is 0.125 e. The third-order valence-corrected chi connectivity index (χ3v) is 6.03. The van der Waals surface area contributed by atoms with Crippen LogP contribution in [0.1, 0.15) is 61.4 Å². The topological polar surface area (TPSA) is 29.5 Å². The van der Waals surface area contributed by atoms with Crippen LogP contribution in [0.2, 0.25) is 0 Å². The van der Waals surface area contributed by atoms with Crippen LogP contribution in [-0.2, 0) is 12.8 Å². The molecule has 0 aliphatic heterocycles. The molecule has 0 radical (unpaired) electrons. The van der Waals surface area contributed by atoms with Crippen LogP contribution < -0.4 is 4.74 Å². The summed E-state index contributed by atoms with van der Waals surface area (Å²) in [6.07, 6.45) is 1.94. The lowest BCUT2D eigenvalue weighted by Gasteiger charge is -2.23. The summed E-state index contributed by atoms with van der Waals surface area (Å²) >= 11 is 0. The van der Waals surface area contributed by atoms with Gasteiger partial charge in [0.05, 0.1) is 6.61 Å². The fourth-order valence-corrected chi connectivity index (χ4v) is 4.98. The predicted octanol–water partition coefficient (Wildman–Crippen LogP) is 6.62. The van der Waals surface area contributed by atoms with Crippen molar-refractivity contribution in [3.05, 3.63) is 88.5 Å². The van der Waals surface area contributed by atoms with Crippen molar-refractivity contribution in [2.24, 2.45) is 11.8 Å². The van der Waals surface area contributed by atoms with E-state index in [4.69, 9.17) is 4.74 Å². The van der Waals surface area contributed by atoms with Crippen molar-refractivity contribution in [1.29, 1.82) is 0 Å². The normalized spacial score (nSPS) is 13.0. The van der Waals surface area contributed by atoms with Gasteiger partial charge in [0, 0.05) is 5.92 Å². The van der Waals surface area contributed by atoms with Crippen LogP contribution in [0.5, 0.6) is 5.75 Å². The second-order valence-electron chi connectivity index (χ2n) is 9.54. The van der Waals surface area contributed by atoms with Gasteiger partial charge in [-0.05, 0) is 63.6 Å². The fraction of sp³-hybridized carbons (Fsp3) is 0.379. The molecule has 0 fully saturated rings. The molecule has 2 heteroatoms. The molecule has 0 spiro atoms. The summed E-state index contributed by atoms with van der Waals surface area (Å²) in [6, 6.07) is 22.4. The van der Waals surface area contributed by atoms with Crippen LogP contribution in [0.3, 0.4) is 0 Å². The van der Waals surface area contributed by atoms with E-state index in [9.17, 15) is 5.11 Å². The molecule has 1 N–H and O–H groups in total. The smallest absolute Gasteiger partial charge is 0.125 e. The summed E-state index contributed by atoms with van der Waals surface area (Å²) in [5, 5.41) is 9.39. The van der Waals surface area contributed by atoms with Crippen molar-refractivity contribution < 1.29 is 9.84 Å². The standard InChI is InChI=1S/C29H34O2/c1-19(2)15-22-17-21(18-23(16-20(3)4)29(22)31-14-13-30)28-26-11-7-5-9-24(26)25-10-6-8-12-27(25)28/h5-12,17-20,28,30H,13-16H2,1-4H3. The highest BCUT2D eigenvalue weighted by atomic mass is 16.5. The van der Waals surface area contributed by atoms with E-state index in [1.165, 1.54) is 38.9 Å². The molecule has 0 atom stereocenters. The highest BCUT2D eigenvalue weighted by molar-refractivity contribution is 5.80. The van der Waals surface area contributed by atoms with Crippen LogP contribution in [0.15, 0.2) is 60.7 Å². The van der Waals surface area contributed by atoms with E-state index < -0.39 is 0 Å². The van der Waals surface area contributed by atoms with Gasteiger partial charge in [0.2, 0.25) is 0 Å². The second-order valence-corrected chi connectivity index (χ2v) is 9.54. The van der Waals surface area contributed by atoms with E-state index in [2.05, 4.69) is 88.4 Å². The zero-order chi connectivity index (χ0) is 22.0. The van der Waals surface area contributed by atoms with E-state index in [1.54, 1.807) is 0 Å². The van der Waals surface area contributed by atoms with Gasteiger partial charge in [-0.25, -0.2) is 0 Å². The Morgan fingerprint density at radius 1 is 0.774 bits per heavy atom. The molecule has 1 aliphatic rings. The van der Waals surface area contributed by atoms with Crippen molar-refractivity contribution in [3.8, 4) is 16.9 Å². The lowest BCUT2D eigenvalue weighted by molar-refractivity contribution is 0.198. The van der Waals surface area contributed by atoms with Crippen LogP contribution >= 0.6 is 0 Å². The van der Waals surface area contributed by atoms with Gasteiger partial charge in [-0.15, -0.1) is 0 Å². The van der Waals surface area contributed by atoms with E-state index in [0.717, 1.165) is 18.6 Å². The van der Waals surface area contributed by atoms with Gasteiger partial charge in [0.15, 0.2) is 0 Å². The van der Waals surface area contributed by atoms with Crippen molar-refractivity contribution in [1.82, 2.24) is 0 Å². The minimum atomic E-state index is 0.0351. The zero-order valence-corrected chi connectivity index (χ0v) is 19.2. The quantitative estimate of drug-likeness (QED) is 0.351. The highest BCUT2D eigenvalue weighted by Gasteiger charge is 2.30. The summed E-state index contributed by atoms with van der Waals surface area (Å²) in [6.45, 7) is 9.39. The lowest BCUT2D eigenvalue weighted by Crippen LogP contribution is -2.11. The van der Waals surface area contributed by atoms with Crippen molar-refractivity contribution >= 4 is 0 Å². The van der Waals surface area contributed by atoms with Crippen molar-refractivity contribution in [2.45, 2.75) is 46.5 Å². The van der Waals surface area contributed by atoms with Gasteiger partial charge in [-0.3, -0.25) is 0 Å². The highest BCUT2D eigenvalue weighted by Crippen LogP contribution is 2.49. The molecular formula is C29H34O2. The summed E-state index contributed by atoms with van der Waals surface area (Å²) < 4.78 is 6.13. The molecule has 0 unspecified atom stereocenters. The summed E-state index contributed by atoms with van der Waals surface area (Å²) in [4.78, 5) is 0. The Bertz CT molecular complexity index is 972. The Hall–Kier alpha value is -2.58. The van der Waals surface area contributed by atoms with Crippen molar-refractivity contribution in [3.63, 3.8) is 0 Å². The number of ether oxygens (including phenoxy) is 1. The molecule has 1 aliphatic carbocycles. The lowest BCUT2D eigenvalue weighted by atomic mass is 9.84. The molecule has 162 valence electrons. The number of benzene rings is 3. The largest absolute Gasteiger partial charge is 0.491 e. The van der Waals surface area contributed by atoms with E-state index in [1.807, 2.05) is 0 Å². The summed E-state index contributed by atoms with van der Waals surface area (Å²) in [5.74, 6) is 2.29. The number of hydrogen-bond donors (Lipinski definition) is 1. The van der Waals surface area contributed by atoms with E-state index in [0.29, 0.717) is 18.4 Å². The second kappa shape index (κ2) is 9.28. The van der Waals surface area contributed by atoms with Gasteiger partial charge in [-0.2, -0.15) is 0 Å². The summed E-state index contributed by atoms with van der Waals surface area (Å²) in [5.41, 5.74) is 9.34. The first-order chi connectivity index (χ1) is 15.0. The first-order valence-electron chi connectivity index (χ1n) is 11.6. The van der Waals surface area contributed by atoms with E-state index >= 15 is 0 Å². The van der Waals surface area contributed by atoms with Gasteiger partial charge in [-0.1, -0.05) is 88.4 Å². The van der Waals surface area contributed by atoms with Crippen molar-refractivity contribution in [2.75, 3.05) is 13.2 Å². The molecule has 3 aromatic rings. The third kappa shape index (κ3) is 4.41. The molecular weight excluding hydrogens is 380 g/mol. The Balaban J connectivity index is 1.90. The first-order valence-corrected chi connectivity index (χ1v) is 11.6. The van der Waals surface area contributed by atoms with Gasteiger partial charge < -0.3 is 9.84 Å². The van der Waals surface area contributed by atoms with Crippen LogP contribution in [0.4, 0.5) is 0 Å². The minimum Gasteiger partial charge on any atom is -0.491 e. The van der Waals surface area contributed by atoms with Gasteiger partial charge in [0.25, 0.3) is 0 Å². The molecule has 0 bridgehead atoms. The Morgan fingerprint density at radius 2 is 1.26 bits per heavy atom. The number of rotatable bonds is 8. The zero-order valence-electron chi connectivity index (χ0n) is 19.2. The molecule has 0 heterocycles. The molecule has 0 saturated carbocycles. The molecule has 0 aromatic heterocycles. The summed E-state index contributed by atoms with van der Waals surface area (Å²) in [7, 11) is 0. The Morgan fingerprint density at radius 3 is 1.71 bits per heavy atom. The van der Waals surface area contributed by atoms with Gasteiger partial charge >= 0.3 is 0 Å². The minimum absolute atomic E-state index is 0.0351. The molecule has 31 heavy (non-hydrogen) atoms. The number of aliphatic hydroxyl groups is 1. The van der Waals surface area contributed by atoms with Crippen LogP contribution in [0.25, 0.3) is 11.1 Å². The maximum atomic E-state index is 9.39. The average molecular weight is 415 g/mol. The molecule has 3 aromatic carbocycles. The number of aliphatic hydroxyl groups excluding tert-OH is 1. The predicted molar refractivity (Wildman–Crippen MR) is 129 cm³/mol. The number of hydrogen-bond acceptors (Lipinski definition) is 2. The van der Waals surface area contributed by atoms with Gasteiger partial charge in [0.1, 0.15) is 12.4 Å². The van der Waals surface area contributed by atoms with Crippen LogP contribution in [-0.4, -0.2) is 18.3 Å². The Labute approximate surface area is 186 Å². The monoisotopic (exact) mass is 414 g/mol. The first kappa shape index (κ1) is 21.6. The number of fused-ring (bicyclic) bond motifs is 3. The molecule has 4 rings (SSSR count). The molecule has 0 saturated heterocycles. The molecule has 2 nitrogen and oxygen atoms in total. The average Bonchev–Trinajstić information content (AvgIpc) is 3.07. The SMILES string of the molecule is CC(C)Cc1cc(C2c3ccccc3-c3ccccc32)cc(CC(C)C)c1OCCO. The fourth-order valence-electron chi connectivity index (χ4n) is 4.98. The molecule has 0 amide bonds.